The normalized spacial score (nSPS) is 11.5. The molecule has 12 heteroatoms. The highest BCUT2D eigenvalue weighted by molar-refractivity contribution is 5.74. The minimum absolute atomic E-state index is 0.827. The Bertz CT molecular complexity index is 1590. The van der Waals surface area contributed by atoms with Gasteiger partial charge in [0.15, 0.2) is 0 Å². The second-order valence-electron chi connectivity index (χ2n) is 9.54. The zero-order valence-electron chi connectivity index (χ0n) is 24.5. The predicted octanol–water partition coefficient (Wildman–Crippen LogP) is 0.214. The maximum absolute atomic E-state index is 8.49. The fourth-order valence-electron chi connectivity index (χ4n) is 4.15. The Morgan fingerprint density at radius 1 is 0.413 bits per heavy atom. The molecule has 0 fully saturated rings. The average molecular weight is 667 g/mol. The SMILES string of the molecule is Cc1cc(-c2ccccc2)cc(C=Cc2ccc(C=Cc3cc(-c4ccccc4)cc(C)[o+]3)cc2)[o+]1.[O-][Cl+3]([O-])([O-])[O-].[O-][Cl+3]([O-])([O-])[O-]. The third kappa shape index (κ3) is 14.7. The van der Waals surface area contributed by atoms with E-state index in [0.29, 0.717) is 0 Å². The molecule has 0 aliphatic rings. The highest BCUT2D eigenvalue weighted by Gasteiger charge is 2.12. The molecule has 0 spiro atoms. The van der Waals surface area contributed by atoms with E-state index in [1.807, 2.05) is 38.1 Å². The minimum atomic E-state index is -4.94. The Balaban J connectivity index is 0.000000503. The summed E-state index contributed by atoms with van der Waals surface area (Å²) in [4.78, 5) is 0. The molecule has 0 aliphatic heterocycles. The molecule has 5 rings (SSSR count). The molecule has 3 aromatic carbocycles. The molecule has 0 unspecified atom stereocenters. The smallest absolute Gasteiger partial charge is 0.222 e. The molecule has 0 saturated heterocycles. The lowest BCUT2D eigenvalue weighted by Crippen LogP contribution is -2.68. The van der Waals surface area contributed by atoms with E-state index in [1.54, 1.807) is 0 Å². The van der Waals surface area contributed by atoms with Gasteiger partial charge < -0.3 is 0 Å². The molecule has 0 N–H and O–H groups in total. The van der Waals surface area contributed by atoms with Crippen LogP contribution in [-0.4, -0.2) is 0 Å². The molecule has 10 nitrogen and oxygen atoms in total. The summed E-state index contributed by atoms with van der Waals surface area (Å²) in [5, 5.41) is 0. The number of rotatable bonds is 6. The molecule has 0 atom stereocenters. The van der Waals surface area contributed by atoms with Crippen molar-refractivity contribution < 1.29 is 66.6 Å². The fourth-order valence-corrected chi connectivity index (χ4v) is 4.15. The Kier molecular flexibility index (Phi) is 13.2. The van der Waals surface area contributed by atoms with Gasteiger partial charge in [0, 0.05) is 35.4 Å². The summed E-state index contributed by atoms with van der Waals surface area (Å²) in [5.74, 6) is 3.42. The summed E-state index contributed by atoms with van der Waals surface area (Å²) in [6.45, 7) is 3.96. The highest BCUT2D eigenvalue weighted by Crippen LogP contribution is 2.25. The Labute approximate surface area is 269 Å². The van der Waals surface area contributed by atoms with Gasteiger partial charge in [0.05, 0.1) is 26.0 Å². The van der Waals surface area contributed by atoms with E-state index in [2.05, 4.69) is 109 Å². The summed E-state index contributed by atoms with van der Waals surface area (Å²) in [5.41, 5.74) is 6.87. The van der Waals surface area contributed by atoms with Crippen molar-refractivity contribution >= 4 is 24.3 Å². The van der Waals surface area contributed by atoms with Crippen LogP contribution < -0.4 is 37.3 Å². The van der Waals surface area contributed by atoms with Crippen LogP contribution in [0.1, 0.15) is 34.2 Å². The first-order chi connectivity index (χ1) is 21.6. The molecule has 0 bridgehead atoms. The van der Waals surface area contributed by atoms with Crippen molar-refractivity contribution in [2.24, 2.45) is 0 Å². The van der Waals surface area contributed by atoms with Crippen LogP contribution in [0, 0.1) is 34.3 Å². The van der Waals surface area contributed by atoms with Gasteiger partial charge in [-0.1, -0.05) is 84.9 Å². The van der Waals surface area contributed by atoms with E-state index in [0.717, 1.165) is 45.3 Å². The minimum Gasteiger partial charge on any atom is -0.222 e. The molecule has 2 heterocycles. The second-order valence-corrected chi connectivity index (χ2v) is 11.1. The van der Waals surface area contributed by atoms with E-state index in [-0.39, 0.29) is 0 Å². The number of benzene rings is 3. The lowest BCUT2D eigenvalue weighted by molar-refractivity contribution is -2.00. The van der Waals surface area contributed by atoms with Crippen molar-refractivity contribution in [3.63, 3.8) is 0 Å². The Hall–Kier alpha value is -4.30. The molecule has 0 radical (unpaired) electrons. The van der Waals surface area contributed by atoms with Gasteiger partial charge in [-0.2, -0.15) is 0 Å². The van der Waals surface area contributed by atoms with Crippen molar-refractivity contribution in [2.45, 2.75) is 13.8 Å². The first-order valence-corrected chi connectivity index (χ1v) is 15.8. The van der Waals surface area contributed by atoms with Gasteiger partial charge in [-0.15, -0.1) is 20.5 Å². The monoisotopic (exact) mass is 666 g/mol. The van der Waals surface area contributed by atoms with Crippen molar-refractivity contribution in [2.75, 3.05) is 0 Å². The maximum atomic E-state index is 8.49. The third-order valence-electron chi connectivity index (χ3n) is 5.90. The van der Waals surface area contributed by atoms with Gasteiger partial charge in [0.25, 0.3) is 0 Å². The summed E-state index contributed by atoms with van der Waals surface area (Å²) in [6, 6.07) is 37.4. The van der Waals surface area contributed by atoms with Gasteiger partial charge in [-0.3, -0.25) is 0 Å². The molecule has 0 aliphatic carbocycles. The quantitative estimate of drug-likeness (QED) is 0.225. The van der Waals surface area contributed by atoms with Crippen LogP contribution >= 0.6 is 0 Å². The standard InChI is InChI=1S/C34H28O2.2ClHO4/c1-25-21-31(29-9-5-3-6-10-29)23-33(35-25)19-17-27-13-15-28(16-14-27)18-20-34-24-32(22-26(2)36-34)30-11-7-4-8-12-30;2*2-1(3,4)5/h3-24H,1-2H3;2*(H,2,3,4,5)/q+2;;/p-2. The molecule has 2 aromatic heterocycles. The highest BCUT2D eigenvalue weighted by atomic mass is 35.7. The van der Waals surface area contributed by atoms with E-state index in [9.17, 15) is 0 Å². The lowest BCUT2D eigenvalue weighted by atomic mass is 10.1. The first-order valence-electron chi connectivity index (χ1n) is 13.3. The topological polar surface area (TPSA) is 207 Å². The largest absolute Gasteiger partial charge is 0.353 e. The summed E-state index contributed by atoms with van der Waals surface area (Å²) < 4.78 is 79.8. The van der Waals surface area contributed by atoms with Crippen molar-refractivity contribution in [1.82, 2.24) is 0 Å². The predicted molar refractivity (Wildman–Crippen MR) is 151 cm³/mol. The molecule has 0 saturated carbocycles. The number of aryl methyl sites for hydroxylation is 2. The first kappa shape index (κ1) is 36.2. The molecular formula is C34H28Cl2O10. The zero-order valence-corrected chi connectivity index (χ0v) is 26.1. The third-order valence-corrected chi connectivity index (χ3v) is 5.90. The van der Waals surface area contributed by atoms with E-state index in [1.165, 1.54) is 11.1 Å². The Morgan fingerprint density at radius 2 is 0.717 bits per heavy atom. The van der Waals surface area contributed by atoms with Crippen molar-refractivity contribution in [1.29, 1.82) is 0 Å². The van der Waals surface area contributed by atoms with Crippen LogP contribution in [0.4, 0.5) is 0 Å². The summed E-state index contributed by atoms with van der Waals surface area (Å²) in [7, 11) is -9.89. The van der Waals surface area contributed by atoms with Crippen LogP contribution in [0.3, 0.4) is 0 Å². The van der Waals surface area contributed by atoms with Crippen LogP contribution in [0.5, 0.6) is 0 Å². The van der Waals surface area contributed by atoms with Crippen LogP contribution in [0.15, 0.2) is 118 Å². The van der Waals surface area contributed by atoms with Crippen LogP contribution in [0.25, 0.3) is 46.6 Å². The van der Waals surface area contributed by atoms with E-state index in [4.69, 9.17) is 46.1 Å². The maximum Gasteiger partial charge on any atom is 0.353 e. The van der Waals surface area contributed by atoms with Crippen LogP contribution in [-0.2, 0) is 0 Å². The molecule has 5 aromatic rings. The molecule has 238 valence electrons. The average Bonchev–Trinajstić information content (AvgIpc) is 2.98. The number of hydrogen-bond donors (Lipinski definition) is 0. The van der Waals surface area contributed by atoms with Gasteiger partial charge in [0.2, 0.25) is 0 Å². The van der Waals surface area contributed by atoms with Crippen LogP contribution in [0.2, 0.25) is 0 Å². The van der Waals surface area contributed by atoms with Gasteiger partial charge >= 0.3 is 23.0 Å². The van der Waals surface area contributed by atoms with E-state index >= 15 is 0 Å². The van der Waals surface area contributed by atoms with Crippen molar-refractivity contribution in [3.05, 3.63) is 143 Å². The van der Waals surface area contributed by atoms with E-state index < -0.39 is 20.5 Å². The Morgan fingerprint density at radius 3 is 1.02 bits per heavy atom. The lowest BCUT2D eigenvalue weighted by Gasteiger charge is -2.17. The molecule has 46 heavy (non-hydrogen) atoms. The van der Waals surface area contributed by atoms with Gasteiger partial charge in [0.1, 0.15) is 0 Å². The summed E-state index contributed by atoms with van der Waals surface area (Å²) >= 11 is 0. The molecular weight excluding hydrogens is 639 g/mol. The van der Waals surface area contributed by atoms with Gasteiger partial charge in [-0.05, 0) is 34.4 Å². The molecule has 0 amide bonds. The number of hydrogen-bond acceptors (Lipinski definition) is 8. The van der Waals surface area contributed by atoms with Crippen molar-refractivity contribution in [3.8, 4) is 22.3 Å². The second kappa shape index (κ2) is 16.9. The number of halogens is 2. The summed E-state index contributed by atoms with van der Waals surface area (Å²) in [6.07, 6.45) is 8.17. The zero-order chi connectivity index (χ0) is 33.7. The van der Waals surface area contributed by atoms with Gasteiger partial charge in [-0.25, -0.2) is 46.1 Å². The fraction of sp³-hybridized carbons (Fsp3) is 0.0588.